The third-order valence-electron chi connectivity index (χ3n) is 2.06. The first-order chi connectivity index (χ1) is 7.31. The van der Waals surface area contributed by atoms with E-state index in [4.69, 9.17) is 10.2 Å². The zero-order valence-corrected chi connectivity index (χ0v) is 9.98. The summed E-state index contributed by atoms with van der Waals surface area (Å²) in [6.45, 7) is 2.69. The standard InChI is InChI=1S/C10H12N2OS2/c1-7-2-5-14-9(7)8(6-11)15-10-12-3-4-13-10/h2-5,8H,6,11H2,1H3. The molecule has 0 aliphatic rings. The van der Waals surface area contributed by atoms with E-state index in [2.05, 4.69) is 23.4 Å². The molecule has 15 heavy (non-hydrogen) atoms. The fourth-order valence-corrected chi connectivity index (χ4v) is 3.41. The summed E-state index contributed by atoms with van der Waals surface area (Å²) in [5, 5.41) is 3.01. The molecule has 0 saturated carbocycles. The van der Waals surface area contributed by atoms with Crippen LogP contribution < -0.4 is 5.73 Å². The Kier molecular flexibility index (Phi) is 3.45. The minimum absolute atomic E-state index is 0.239. The molecule has 2 rings (SSSR count). The van der Waals surface area contributed by atoms with Crippen LogP contribution in [0.25, 0.3) is 0 Å². The minimum Gasteiger partial charge on any atom is -0.440 e. The van der Waals surface area contributed by atoms with Crippen molar-refractivity contribution in [1.29, 1.82) is 0 Å². The van der Waals surface area contributed by atoms with Crippen molar-refractivity contribution in [2.45, 2.75) is 17.4 Å². The molecular formula is C10H12N2OS2. The van der Waals surface area contributed by atoms with Gasteiger partial charge in [0.2, 0.25) is 0 Å². The predicted octanol–water partition coefficient (Wildman–Crippen LogP) is 2.84. The smallest absolute Gasteiger partial charge is 0.256 e. The van der Waals surface area contributed by atoms with E-state index in [0.29, 0.717) is 11.8 Å². The molecule has 1 unspecified atom stereocenters. The summed E-state index contributed by atoms with van der Waals surface area (Å²) in [6, 6.07) is 2.11. The predicted molar refractivity (Wildman–Crippen MR) is 63.2 cm³/mol. The lowest BCUT2D eigenvalue weighted by Gasteiger charge is -2.11. The topological polar surface area (TPSA) is 52.0 Å². The molecule has 0 radical (unpaired) electrons. The molecule has 0 bridgehead atoms. The third kappa shape index (κ3) is 2.42. The van der Waals surface area contributed by atoms with Gasteiger partial charge < -0.3 is 10.2 Å². The van der Waals surface area contributed by atoms with Crippen LogP contribution in [0.15, 0.2) is 33.5 Å². The minimum atomic E-state index is 0.239. The average Bonchev–Trinajstić information content (AvgIpc) is 2.85. The summed E-state index contributed by atoms with van der Waals surface area (Å²) in [5.74, 6) is 0. The van der Waals surface area contributed by atoms with Crippen LogP contribution in [0.2, 0.25) is 0 Å². The third-order valence-corrected chi connectivity index (χ3v) is 4.46. The number of nitrogens with two attached hydrogens (primary N) is 1. The summed E-state index contributed by atoms with van der Waals surface area (Å²) in [4.78, 5) is 5.40. The number of oxazole rings is 1. The van der Waals surface area contributed by atoms with Gasteiger partial charge in [0.15, 0.2) is 0 Å². The monoisotopic (exact) mass is 240 g/mol. The van der Waals surface area contributed by atoms with Gasteiger partial charge in [-0.1, -0.05) is 11.8 Å². The lowest BCUT2D eigenvalue weighted by atomic mass is 10.2. The maximum atomic E-state index is 5.77. The maximum absolute atomic E-state index is 5.77. The first-order valence-electron chi connectivity index (χ1n) is 4.61. The number of thioether (sulfide) groups is 1. The number of hydrogen-bond acceptors (Lipinski definition) is 5. The van der Waals surface area contributed by atoms with Crippen molar-refractivity contribution in [1.82, 2.24) is 4.98 Å². The molecule has 0 aromatic carbocycles. The Morgan fingerprint density at radius 3 is 3.07 bits per heavy atom. The van der Waals surface area contributed by atoms with Crippen LogP contribution in [-0.4, -0.2) is 11.5 Å². The number of hydrogen-bond donors (Lipinski definition) is 1. The van der Waals surface area contributed by atoms with E-state index >= 15 is 0 Å². The molecule has 0 aliphatic heterocycles. The van der Waals surface area contributed by atoms with Crippen molar-refractivity contribution < 1.29 is 4.42 Å². The van der Waals surface area contributed by atoms with Gasteiger partial charge in [0.25, 0.3) is 5.22 Å². The Morgan fingerprint density at radius 1 is 1.67 bits per heavy atom. The highest BCUT2D eigenvalue weighted by atomic mass is 32.2. The van der Waals surface area contributed by atoms with Gasteiger partial charge >= 0.3 is 0 Å². The molecule has 2 aromatic heterocycles. The van der Waals surface area contributed by atoms with Gasteiger partial charge in [-0.25, -0.2) is 4.98 Å². The molecule has 3 nitrogen and oxygen atoms in total. The second-order valence-corrected chi connectivity index (χ2v) is 5.21. The van der Waals surface area contributed by atoms with Crippen LogP contribution >= 0.6 is 23.1 Å². The van der Waals surface area contributed by atoms with Crippen LogP contribution in [0.1, 0.15) is 15.7 Å². The van der Waals surface area contributed by atoms with Gasteiger partial charge in [-0.15, -0.1) is 11.3 Å². The van der Waals surface area contributed by atoms with Crippen LogP contribution in [0.5, 0.6) is 0 Å². The molecule has 1 atom stereocenters. The Bertz CT molecular complexity index is 411. The summed E-state index contributed by atoms with van der Waals surface area (Å²) in [7, 11) is 0. The highest BCUT2D eigenvalue weighted by molar-refractivity contribution is 7.99. The van der Waals surface area contributed by atoms with E-state index in [1.54, 1.807) is 35.6 Å². The molecule has 0 saturated heterocycles. The number of nitrogens with zero attached hydrogens (tertiary/aromatic N) is 1. The van der Waals surface area contributed by atoms with E-state index < -0.39 is 0 Å². The highest BCUT2D eigenvalue weighted by Crippen LogP contribution is 2.37. The van der Waals surface area contributed by atoms with Crippen LogP contribution in [0.4, 0.5) is 0 Å². The van der Waals surface area contributed by atoms with Gasteiger partial charge in [-0.05, 0) is 23.9 Å². The molecule has 0 amide bonds. The first-order valence-corrected chi connectivity index (χ1v) is 6.37. The Hall–Kier alpha value is -0.780. The number of thiophene rings is 1. The second kappa shape index (κ2) is 4.83. The summed E-state index contributed by atoms with van der Waals surface area (Å²) < 4.78 is 5.20. The lowest BCUT2D eigenvalue weighted by Crippen LogP contribution is -2.08. The second-order valence-electron chi connectivity index (χ2n) is 3.11. The van der Waals surface area contributed by atoms with Crippen molar-refractivity contribution in [3.63, 3.8) is 0 Å². The Morgan fingerprint density at radius 2 is 2.53 bits per heavy atom. The van der Waals surface area contributed by atoms with E-state index in [9.17, 15) is 0 Å². The molecule has 2 N–H and O–H groups in total. The van der Waals surface area contributed by atoms with Gasteiger partial charge in [0.05, 0.1) is 11.4 Å². The SMILES string of the molecule is Cc1ccsc1C(CN)Sc1ncco1. The summed E-state index contributed by atoms with van der Waals surface area (Å²) in [5.41, 5.74) is 7.05. The van der Waals surface area contributed by atoms with Gasteiger partial charge in [-0.2, -0.15) is 0 Å². The van der Waals surface area contributed by atoms with Crippen molar-refractivity contribution in [3.05, 3.63) is 34.3 Å². The fraction of sp³-hybridized carbons (Fsp3) is 0.300. The van der Waals surface area contributed by atoms with Crippen molar-refractivity contribution in [2.24, 2.45) is 5.73 Å². The molecule has 2 heterocycles. The first kappa shape index (κ1) is 10.7. The van der Waals surface area contributed by atoms with Crippen LogP contribution in [0, 0.1) is 6.92 Å². The highest BCUT2D eigenvalue weighted by Gasteiger charge is 2.17. The largest absolute Gasteiger partial charge is 0.440 e. The Balaban J connectivity index is 2.15. The fourth-order valence-electron chi connectivity index (χ4n) is 1.31. The van der Waals surface area contributed by atoms with Crippen LogP contribution in [0.3, 0.4) is 0 Å². The molecule has 0 fully saturated rings. The molecular weight excluding hydrogens is 228 g/mol. The van der Waals surface area contributed by atoms with Crippen molar-refractivity contribution >= 4 is 23.1 Å². The molecule has 80 valence electrons. The number of aryl methyl sites for hydroxylation is 1. The van der Waals surface area contributed by atoms with Crippen molar-refractivity contribution in [2.75, 3.05) is 6.54 Å². The normalized spacial score (nSPS) is 12.9. The molecule has 2 aromatic rings. The van der Waals surface area contributed by atoms with Gasteiger partial charge in [-0.3, -0.25) is 0 Å². The van der Waals surface area contributed by atoms with E-state index in [1.165, 1.54) is 10.4 Å². The molecule has 0 aliphatic carbocycles. The lowest BCUT2D eigenvalue weighted by molar-refractivity contribution is 0.453. The van der Waals surface area contributed by atoms with E-state index in [-0.39, 0.29) is 5.25 Å². The maximum Gasteiger partial charge on any atom is 0.256 e. The van der Waals surface area contributed by atoms with Gasteiger partial charge in [0, 0.05) is 11.4 Å². The number of aromatic nitrogens is 1. The number of rotatable bonds is 4. The molecule has 5 heteroatoms. The Labute approximate surface area is 96.7 Å². The quantitative estimate of drug-likeness (QED) is 0.835. The molecule has 0 spiro atoms. The zero-order valence-electron chi connectivity index (χ0n) is 8.34. The summed E-state index contributed by atoms with van der Waals surface area (Å²) in [6.07, 6.45) is 3.23. The summed E-state index contributed by atoms with van der Waals surface area (Å²) >= 11 is 3.31. The van der Waals surface area contributed by atoms with E-state index in [1.807, 2.05) is 0 Å². The van der Waals surface area contributed by atoms with Crippen molar-refractivity contribution in [3.8, 4) is 0 Å². The van der Waals surface area contributed by atoms with Crippen LogP contribution in [-0.2, 0) is 0 Å². The van der Waals surface area contributed by atoms with Gasteiger partial charge in [0.1, 0.15) is 6.26 Å². The van der Waals surface area contributed by atoms with E-state index in [0.717, 1.165) is 0 Å². The average molecular weight is 240 g/mol. The zero-order chi connectivity index (χ0) is 10.7.